The van der Waals surface area contributed by atoms with E-state index in [9.17, 15) is 9.90 Å². The van der Waals surface area contributed by atoms with Crippen LogP contribution in [0.3, 0.4) is 0 Å². The van der Waals surface area contributed by atoms with Crippen molar-refractivity contribution in [2.75, 3.05) is 18.1 Å². The summed E-state index contributed by atoms with van der Waals surface area (Å²) in [5, 5.41) is 14.7. The first-order valence-electron chi connectivity index (χ1n) is 9.00. The van der Waals surface area contributed by atoms with Crippen LogP contribution in [0.2, 0.25) is 0 Å². The van der Waals surface area contributed by atoms with Crippen LogP contribution in [0.15, 0.2) is 28.6 Å². The summed E-state index contributed by atoms with van der Waals surface area (Å²) in [5.74, 6) is 3.41. The van der Waals surface area contributed by atoms with Gasteiger partial charge in [-0.05, 0) is 55.6 Å². The molecule has 0 aromatic carbocycles. The Hall–Kier alpha value is -1.23. The van der Waals surface area contributed by atoms with Gasteiger partial charge in [0.15, 0.2) is 5.78 Å². The second kappa shape index (κ2) is 9.92. The normalized spacial score (nSPS) is 26.2. The molecular weight excluding hydrogens is 322 g/mol. The molecule has 0 spiro atoms. The number of ketones is 1. The number of allylic oxidation sites excluding steroid dienone is 3. The monoisotopic (exact) mass is 351 g/mol. The second-order valence-corrected chi connectivity index (χ2v) is 7.69. The first-order valence-corrected chi connectivity index (χ1v) is 10.2. The van der Waals surface area contributed by atoms with E-state index in [4.69, 9.17) is 4.84 Å². The fourth-order valence-corrected chi connectivity index (χ4v) is 4.71. The minimum atomic E-state index is 0.0288. The number of Topliss-reactive ketones (excluding diaryl/α,β-unsaturated/α-hetero) is 1. The molecule has 2 rings (SSSR count). The number of hydrogen-bond donors (Lipinski definition) is 1. The Kier molecular flexibility index (Phi) is 7.89. The van der Waals surface area contributed by atoms with Crippen LogP contribution < -0.4 is 0 Å². The van der Waals surface area contributed by atoms with E-state index in [1.54, 1.807) is 0 Å². The zero-order valence-corrected chi connectivity index (χ0v) is 15.6. The lowest BCUT2D eigenvalue weighted by Gasteiger charge is -2.32. The molecule has 0 bridgehead atoms. The van der Waals surface area contributed by atoms with Crippen molar-refractivity contribution in [3.8, 4) is 0 Å². The van der Waals surface area contributed by atoms with Crippen LogP contribution in [0.1, 0.15) is 52.4 Å². The average molecular weight is 352 g/mol. The van der Waals surface area contributed by atoms with Crippen molar-refractivity contribution in [2.24, 2.45) is 17.0 Å². The van der Waals surface area contributed by atoms with E-state index in [1.165, 1.54) is 18.6 Å². The third-order valence-electron chi connectivity index (χ3n) is 4.69. The van der Waals surface area contributed by atoms with E-state index in [-0.39, 0.29) is 17.5 Å². The molecule has 0 saturated carbocycles. The van der Waals surface area contributed by atoms with E-state index >= 15 is 0 Å². The summed E-state index contributed by atoms with van der Waals surface area (Å²) < 4.78 is 0. The minimum absolute atomic E-state index is 0.0288. The van der Waals surface area contributed by atoms with Crippen LogP contribution >= 0.6 is 11.8 Å². The van der Waals surface area contributed by atoms with Crippen LogP contribution in [0, 0.1) is 11.8 Å². The molecule has 4 nitrogen and oxygen atoms in total. The molecule has 1 fully saturated rings. The van der Waals surface area contributed by atoms with Crippen LogP contribution in [-0.4, -0.2) is 34.7 Å². The van der Waals surface area contributed by atoms with Gasteiger partial charge < -0.3 is 9.94 Å². The van der Waals surface area contributed by atoms with E-state index in [1.807, 2.05) is 37.8 Å². The van der Waals surface area contributed by atoms with Gasteiger partial charge >= 0.3 is 0 Å². The van der Waals surface area contributed by atoms with Crippen molar-refractivity contribution in [1.29, 1.82) is 0 Å². The highest BCUT2D eigenvalue weighted by atomic mass is 32.2. The van der Waals surface area contributed by atoms with Crippen LogP contribution in [-0.2, 0) is 9.63 Å². The highest BCUT2D eigenvalue weighted by Crippen LogP contribution is 2.38. The number of nitrogens with zero attached hydrogens (tertiary/aromatic N) is 1. The van der Waals surface area contributed by atoms with Crippen molar-refractivity contribution >= 4 is 23.3 Å². The summed E-state index contributed by atoms with van der Waals surface area (Å²) >= 11 is 1.97. The van der Waals surface area contributed by atoms with Gasteiger partial charge in [0, 0.05) is 12.8 Å². The van der Waals surface area contributed by atoms with Gasteiger partial charge in [-0.15, -0.1) is 0 Å². The molecule has 0 aromatic heterocycles. The molecule has 1 aliphatic heterocycles. The van der Waals surface area contributed by atoms with Crippen LogP contribution in [0.25, 0.3) is 0 Å². The number of carbonyl (C=O) groups excluding carboxylic acids is 1. The van der Waals surface area contributed by atoms with E-state index in [0.717, 1.165) is 12.2 Å². The molecule has 0 amide bonds. The van der Waals surface area contributed by atoms with Gasteiger partial charge in [-0.25, -0.2) is 0 Å². The van der Waals surface area contributed by atoms with E-state index in [0.29, 0.717) is 43.1 Å². The van der Waals surface area contributed by atoms with Gasteiger partial charge in [-0.3, -0.25) is 4.79 Å². The summed E-state index contributed by atoms with van der Waals surface area (Å²) in [4.78, 5) is 18.0. The molecule has 1 heterocycles. The quantitative estimate of drug-likeness (QED) is 0.313. The fraction of sp³-hybridized carbons (Fsp3) is 0.684. The van der Waals surface area contributed by atoms with Crippen LogP contribution in [0.5, 0.6) is 0 Å². The third-order valence-corrected chi connectivity index (χ3v) is 5.93. The largest absolute Gasteiger partial charge is 0.511 e. The Labute approximate surface area is 149 Å². The maximum Gasteiger partial charge on any atom is 0.168 e. The Balaban J connectivity index is 2.12. The molecule has 24 heavy (non-hydrogen) atoms. The van der Waals surface area contributed by atoms with E-state index < -0.39 is 0 Å². The van der Waals surface area contributed by atoms with Gasteiger partial charge in [-0.1, -0.05) is 24.6 Å². The van der Waals surface area contributed by atoms with Crippen molar-refractivity contribution < 1.29 is 14.7 Å². The molecule has 2 aliphatic rings. The zero-order valence-electron chi connectivity index (χ0n) is 14.8. The Morgan fingerprint density at radius 2 is 2.25 bits per heavy atom. The van der Waals surface area contributed by atoms with Gasteiger partial charge in [-0.2, -0.15) is 11.8 Å². The van der Waals surface area contributed by atoms with Crippen LogP contribution in [0.4, 0.5) is 0 Å². The Morgan fingerprint density at radius 1 is 1.42 bits per heavy atom. The lowest BCUT2D eigenvalue weighted by molar-refractivity contribution is -0.117. The van der Waals surface area contributed by atoms with Gasteiger partial charge in [0.25, 0.3) is 0 Å². The first-order chi connectivity index (χ1) is 11.7. The summed E-state index contributed by atoms with van der Waals surface area (Å²) in [6, 6.07) is 0. The lowest BCUT2D eigenvalue weighted by atomic mass is 9.76. The standard InChI is InChI=1S/C19H29NO3S/c1-3-5-9-23-20-16(7-4-2)19-17(21)11-15(12-18(19)22)14-8-6-10-24-13-14/h3,5,14-15,21H,4,6-13H2,1-2H3. The van der Waals surface area contributed by atoms with Crippen molar-refractivity contribution in [3.63, 3.8) is 0 Å². The highest BCUT2D eigenvalue weighted by Gasteiger charge is 2.35. The van der Waals surface area contributed by atoms with E-state index in [2.05, 4.69) is 5.16 Å². The Morgan fingerprint density at radius 3 is 2.88 bits per heavy atom. The second-order valence-electron chi connectivity index (χ2n) is 6.54. The molecular formula is C19H29NO3S. The number of hydrogen-bond acceptors (Lipinski definition) is 5. The number of aliphatic hydroxyl groups is 1. The minimum Gasteiger partial charge on any atom is -0.511 e. The van der Waals surface area contributed by atoms with Gasteiger partial charge in [0.2, 0.25) is 0 Å². The van der Waals surface area contributed by atoms with Gasteiger partial charge in [0.05, 0.1) is 11.3 Å². The number of rotatable bonds is 7. The van der Waals surface area contributed by atoms with Crippen molar-refractivity contribution in [2.45, 2.75) is 52.4 Å². The molecule has 134 valence electrons. The predicted octanol–water partition coefficient (Wildman–Crippen LogP) is 4.67. The third kappa shape index (κ3) is 5.13. The maximum atomic E-state index is 12.7. The maximum absolute atomic E-state index is 12.7. The fourth-order valence-electron chi connectivity index (χ4n) is 3.43. The number of aliphatic hydroxyl groups excluding tert-OH is 1. The first kappa shape index (κ1) is 19.1. The zero-order chi connectivity index (χ0) is 17.4. The SMILES string of the molecule is CC=CCON=C(CCC)C1=C(O)CC(C2CCCSC2)CC1=O. The molecule has 2 unspecified atom stereocenters. The van der Waals surface area contributed by atoms with Crippen molar-refractivity contribution in [3.05, 3.63) is 23.5 Å². The lowest BCUT2D eigenvalue weighted by Crippen LogP contribution is -2.30. The molecule has 1 saturated heterocycles. The summed E-state index contributed by atoms with van der Waals surface area (Å²) in [5.41, 5.74) is 1.01. The topological polar surface area (TPSA) is 58.9 Å². The van der Waals surface area contributed by atoms with Gasteiger partial charge in [0.1, 0.15) is 12.4 Å². The summed E-state index contributed by atoms with van der Waals surface area (Å²) in [6.45, 7) is 4.34. The molecule has 0 radical (unpaired) electrons. The number of thioether (sulfide) groups is 1. The Bertz CT molecular complexity index is 519. The molecule has 1 N–H and O–H groups in total. The highest BCUT2D eigenvalue weighted by molar-refractivity contribution is 7.99. The molecule has 5 heteroatoms. The predicted molar refractivity (Wildman–Crippen MR) is 101 cm³/mol. The smallest absolute Gasteiger partial charge is 0.168 e. The molecule has 0 aromatic rings. The summed E-state index contributed by atoms with van der Waals surface area (Å²) in [7, 11) is 0. The molecule has 1 aliphatic carbocycles. The molecule has 2 atom stereocenters. The van der Waals surface area contributed by atoms with Crippen molar-refractivity contribution in [1.82, 2.24) is 0 Å². The average Bonchev–Trinajstić information content (AvgIpc) is 2.58. The summed E-state index contributed by atoms with van der Waals surface area (Å²) in [6.07, 6.45) is 8.79. The number of oxime groups is 1. The number of carbonyl (C=O) groups is 1.